The molecular weight excluding hydrogens is 351 g/mol. The fraction of sp³-hybridized carbons (Fsp3) is 0.611. The maximum atomic E-state index is 13.0. The Morgan fingerprint density at radius 2 is 2.07 bits per heavy atom. The van der Waals surface area contributed by atoms with E-state index in [4.69, 9.17) is 4.42 Å². The number of fused-ring (bicyclic) bond motifs is 1. The number of nitrogens with zero attached hydrogens (tertiary/aromatic N) is 5. The van der Waals surface area contributed by atoms with Crippen molar-refractivity contribution >= 4 is 23.2 Å². The zero-order chi connectivity index (χ0) is 18.4. The lowest BCUT2D eigenvalue weighted by Crippen LogP contribution is -2.56. The number of amides is 1. The molecule has 0 spiro atoms. The van der Waals surface area contributed by atoms with Gasteiger partial charge in [-0.3, -0.25) is 9.69 Å². The van der Waals surface area contributed by atoms with E-state index >= 15 is 0 Å². The van der Waals surface area contributed by atoms with Crippen LogP contribution in [0.5, 0.6) is 0 Å². The quantitative estimate of drug-likeness (QED) is 0.826. The van der Waals surface area contributed by atoms with Gasteiger partial charge in [-0.05, 0) is 18.6 Å². The van der Waals surface area contributed by atoms with E-state index < -0.39 is 6.17 Å². The van der Waals surface area contributed by atoms with Crippen LogP contribution in [0.3, 0.4) is 0 Å². The minimum atomic E-state index is -0.846. The van der Waals surface area contributed by atoms with Crippen molar-refractivity contribution in [2.24, 2.45) is 0 Å². The molecule has 1 amide bonds. The monoisotopic (exact) mass is 374 g/mol. The molecule has 0 saturated carbocycles. The number of carbonyl (C=O) groups excluding carboxylic acids is 1. The molecule has 3 saturated heterocycles. The first-order valence-electron chi connectivity index (χ1n) is 9.54. The first-order chi connectivity index (χ1) is 13.2. The number of likely N-dealkylation sites (tertiary alicyclic amines) is 1. The summed E-state index contributed by atoms with van der Waals surface area (Å²) in [5, 5.41) is 3.32. The molecule has 1 N–H and O–H groups in total. The smallest absolute Gasteiger partial charge is 0.299 e. The third-order valence-corrected chi connectivity index (χ3v) is 5.81. The number of pyridine rings is 1. The van der Waals surface area contributed by atoms with Gasteiger partial charge >= 0.3 is 0 Å². The third-order valence-electron chi connectivity index (χ3n) is 5.81. The molecule has 2 atom stereocenters. The number of halogens is 1. The summed E-state index contributed by atoms with van der Waals surface area (Å²) in [6.45, 7) is 4.76. The SMILES string of the molecule is O=C([C@@H]1C[C@H](N2CCN(c3nc4cccnc4o3)CC2)CN1)N1CC(F)C1. The summed E-state index contributed by atoms with van der Waals surface area (Å²) in [4.78, 5) is 27.3. The highest BCUT2D eigenvalue weighted by Crippen LogP contribution is 2.24. The summed E-state index contributed by atoms with van der Waals surface area (Å²) in [7, 11) is 0. The maximum Gasteiger partial charge on any atom is 0.299 e. The molecule has 3 aliphatic rings. The number of rotatable bonds is 3. The van der Waals surface area contributed by atoms with Gasteiger partial charge in [0, 0.05) is 45.0 Å². The number of hydrogen-bond acceptors (Lipinski definition) is 7. The van der Waals surface area contributed by atoms with Gasteiger partial charge in [-0.25, -0.2) is 9.37 Å². The van der Waals surface area contributed by atoms with Crippen molar-refractivity contribution in [1.82, 2.24) is 25.1 Å². The topological polar surface area (TPSA) is 77.7 Å². The molecule has 2 aromatic heterocycles. The van der Waals surface area contributed by atoms with Gasteiger partial charge in [0.2, 0.25) is 11.6 Å². The van der Waals surface area contributed by atoms with Gasteiger partial charge in [0.25, 0.3) is 6.01 Å². The Labute approximate surface area is 156 Å². The highest BCUT2D eigenvalue weighted by Gasteiger charge is 2.39. The van der Waals surface area contributed by atoms with Crippen LogP contribution in [0.15, 0.2) is 22.7 Å². The van der Waals surface area contributed by atoms with Gasteiger partial charge in [-0.1, -0.05) is 0 Å². The Morgan fingerprint density at radius 3 is 2.81 bits per heavy atom. The highest BCUT2D eigenvalue weighted by atomic mass is 19.1. The second-order valence-corrected chi connectivity index (χ2v) is 7.54. The van der Waals surface area contributed by atoms with E-state index in [-0.39, 0.29) is 25.0 Å². The van der Waals surface area contributed by atoms with Crippen LogP contribution in [0.4, 0.5) is 10.4 Å². The number of nitrogens with one attached hydrogen (secondary N) is 1. The number of aromatic nitrogens is 2. The molecule has 9 heteroatoms. The number of hydrogen-bond donors (Lipinski definition) is 1. The van der Waals surface area contributed by atoms with E-state index in [2.05, 4.69) is 25.1 Å². The van der Waals surface area contributed by atoms with Crippen LogP contribution >= 0.6 is 0 Å². The summed E-state index contributed by atoms with van der Waals surface area (Å²) in [5.74, 6) is 0.0454. The maximum absolute atomic E-state index is 13.0. The van der Waals surface area contributed by atoms with Crippen molar-refractivity contribution in [2.45, 2.75) is 24.7 Å². The largest absolute Gasteiger partial charge is 0.404 e. The molecule has 0 aromatic carbocycles. The number of anilines is 1. The summed E-state index contributed by atoms with van der Waals surface area (Å²) in [6.07, 6.45) is 1.65. The van der Waals surface area contributed by atoms with E-state index in [1.54, 1.807) is 11.1 Å². The van der Waals surface area contributed by atoms with Crippen LogP contribution in [-0.4, -0.2) is 89.7 Å². The predicted octanol–water partition coefficient (Wildman–Crippen LogP) is 0.256. The van der Waals surface area contributed by atoms with Crippen molar-refractivity contribution in [3.05, 3.63) is 18.3 Å². The molecule has 0 bridgehead atoms. The fourth-order valence-electron chi connectivity index (χ4n) is 4.18. The van der Waals surface area contributed by atoms with E-state index in [0.717, 1.165) is 44.7 Å². The molecule has 0 unspecified atom stereocenters. The molecular formula is C18H23FN6O2. The Kier molecular flexibility index (Phi) is 4.20. The van der Waals surface area contributed by atoms with Crippen molar-refractivity contribution in [3.63, 3.8) is 0 Å². The predicted molar refractivity (Wildman–Crippen MR) is 97.3 cm³/mol. The zero-order valence-electron chi connectivity index (χ0n) is 15.1. The zero-order valence-corrected chi connectivity index (χ0v) is 15.1. The van der Waals surface area contributed by atoms with E-state index in [1.165, 1.54) is 0 Å². The number of oxazole rings is 1. The Bertz CT molecular complexity index is 797. The van der Waals surface area contributed by atoms with Crippen LogP contribution in [0, 0.1) is 0 Å². The van der Waals surface area contributed by atoms with E-state index in [9.17, 15) is 9.18 Å². The van der Waals surface area contributed by atoms with Gasteiger partial charge in [0.1, 0.15) is 11.7 Å². The normalized spacial score (nSPS) is 27.3. The number of alkyl halides is 1. The highest BCUT2D eigenvalue weighted by molar-refractivity contribution is 5.83. The molecule has 27 heavy (non-hydrogen) atoms. The van der Waals surface area contributed by atoms with Crippen LogP contribution in [0.2, 0.25) is 0 Å². The van der Waals surface area contributed by atoms with Gasteiger partial charge < -0.3 is 19.5 Å². The number of carbonyl (C=O) groups is 1. The van der Waals surface area contributed by atoms with Gasteiger partial charge in [-0.15, -0.1) is 0 Å². The van der Waals surface area contributed by atoms with Gasteiger partial charge in [-0.2, -0.15) is 4.98 Å². The Balaban J connectivity index is 1.16. The minimum Gasteiger partial charge on any atom is -0.404 e. The molecule has 3 aliphatic heterocycles. The third kappa shape index (κ3) is 3.14. The Morgan fingerprint density at radius 1 is 1.26 bits per heavy atom. The van der Waals surface area contributed by atoms with E-state index in [0.29, 0.717) is 17.8 Å². The van der Waals surface area contributed by atoms with E-state index in [1.807, 2.05) is 12.1 Å². The van der Waals surface area contributed by atoms with Crippen molar-refractivity contribution in [1.29, 1.82) is 0 Å². The summed E-state index contributed by atoms with van der Waals surface area (Å²) < 4.78 is 18.7. The number of piperazine rings is 1. The Hall–Kier alpha value is -2.26. The molecule has 0 radical (unpaired) electrons. The van der Waals surface area contributed by atoms with Crippen molar-refractivity contribution < 1.29 is 13.6 Å². The van der Waals surface area contributed by atoms with Crippen LogP contribution < -0.4 is 10.2 Å². The van der Waals surface area contributed by atoms with Crippen LogP contribution in [-0.2, 0) is 4.79 Å². The van der Waals surface area contributed by atoms with Crippen LogP contribution in [0.1, 0.15) is 6.42 Å². The molecule has 5 rings (SSSR count). The molecule has 2 aromatic rings. The standard InChI is InChI=1S/C18H23FN6O2/c19-12-10-25(11-12)17(26)15-8-13(9-21-15)23-4-6-24(7-5-23)18-22-14-2-1-3-20-16(14)27-18/h1-3,12-13,15,21H,4-11H2/t13-,15-/m0/s1. The van der Waals surface area contributed by atoms with Crippen LogP contribution in [0.25, 0.3) is 11.2 Å². The lowest BCUT2D eigenvalue weighted by Gasteiger charge is -2.37. The van der Waals surface area contributed by atoms with Crippen molar-refractivity contribution in [2.75, 3.05) is 50.7 Å². The molecule has 144 valence electrons. The minimum absolute atomic E-state index is 0.0454. The second kappa shape index (κ2) is 6.72. The summed E-state index contributed by atoms with van der Waals surface area (Å²) >= 11 is 0. The fourth-order valence-corrected chi connectivity index (χ4v) is 4.18. The summed E-state index contributed by atoms with van der Waals surface area (Å²) in [6, 6.07) is 4.54. The molecule has 5 heterocycles. The average molecular weight is 374 g/mol. The average Bonchev–Trinajstić information content (AvgIpc) is 3.32. The first kappa shape index (κ1) is 16.9. The van der Waals surface area contributed by atoms with Crippen molar-refractivity contribution in [3.8, 4) is 0 Å². The lowest BCUT2D eigenvalue weighted by molar-refractivity contribution is -0.140. The lowest BCUT2D eigenvalue weighted by atomic mass is 10.1. The molecule has 3 fully saturated rings. The molecule has 0 aliphatic carbocycles. The van der Waals surface area contributed by atoms with Gasteiger partial charge in [0.15, 0.2) is 0 Å². The summed E-state index contributed by atoms with van der Waals surface area (Å²) in [5.41, 5.74) is 1.34. The second-order valence-electron chi connectivity index (χ2n) is 7.54. The molecule has 8 nitrogen and oxygen atoms in total. The van der Waals surface area contributed by atoms with Gasteiger partial charge in [0.05, 0.1) is 19.1 Å². The first-order valence-corrected chi connectivity index (χ1v) is 9.54.